The molecule has 18 heavy (non-hydrogen) atoms. The number of hydrogen-bond acceptors (Lipinski definition) is 4. The number of thiol groups is 1. The van der Waals surface area contributed by atoms with E-state index in [4.69, 9.17) is 4.98 Å². The zero-order valence-electron chi connectivity index (χ0n) is 11.5. The minimum Gasteiger partial charge on any atom is -0.297 e. The number of aromatic nitrogens is 1. The first-order chi connectivity index (χ1) is 8.70. The van der Waals surface area contributed by atoms with Crippen molar-refractivity contribution in [2.45, 2.75) is 57.7 Å². The minimum atomic E-state index is 0.515. The van der Waals surface area contributed by atoms with Gasteiger partial charge in [0, 0.05) is 10.6 Å². The Bertz CT molecular complexity index is 366. The van der Waals surface area contributed by atoms with Crippen LogP contribution in [0.2, 0.25) is 0 Å². The number of likely N-dealkylation sites (tertiary alicyclic amines) is 1. The molecule has 0 radical (unpaired) electrons. The molecule has 4 heteroatoms. The molecule has 102 valence electrons. The molecule has 1 saturated heterocycles. The maximum absolute atomic E-state index is 4.83. The first-order valence-electron chi connectivity index (χ1n) is 7.02. The minimum absolute atomic E-state index is 0.515. The molecule has 1 aromatic rings. The summed E-state index contributed by atoms with van der Waals surface area (Å²) in [6, 6.07) is 0. The fourth-order valence-electron chi connectivity index (χ4n) is 2.53. The van der Waals surface area contributed by atoms with Crippen LogP contribution in [-0.2, 0) is 12.3 Å². The molecule has 0 unspecified atom stereocenters. The lowest BCUT2D eigenvalue weighted by Crippen LogP contribution is -2.23. The van der Waals surface area contributed by atoms with E-state index in [0.717, 1.165) is 12.3 Å². The quantitative estimate of drug-likeness (QED) is 0.839. The third-order valence-electron chi connectivity index (χ3n) is 3.52. The lowest BCUT2D eigenvalue weighted by molar-refractivity contribution is 0.276. The molecule has 1 aromatic heterocycles. The summed E-state index contributed by atoms with van der Waals surface area (Å²) in [5, 5.41) is 1.28. The number of nitrogens with zero attached hydrogens (tertiary/aromatic N) is 2. The van der Waals surface area contributed by atoms with E-state index < -0.39 is 0 Å². The largest absolute Gasteiger partial charge is 0.297 e. The van der Waals surface area contributed by atoms with Crippen LogP contribution in [0.1, 0.15) is 61.0 Å². The number of thiazole rings is 1. The molecule has 0 aromatic carbocycles. The van der Waals surface area contributed by atoms with Gasteiger partial charge < -0.3 is 0 Å². The standard InChI is InChI=1S/C14H24N2S2/c1-11(2)14-12(10-17)18-13(15-14)9-16-7-5-3-4-6-8-16/h11,17H,3-10H2,1-2H3. The summed E-state index contributed by atoms with van der Waals surface area (Å²) < 4.78 is 0. The Labute approximate surface area is 120 Å². The number of hydrogen-bond donors (Lipinski definition) is 1. The summed E-state index contributed by atoms with van der Waals surface area (Å²) in [6.45, 7) is 7.97. The highest BCUT2D eigenvalue weighted by molar-refractivity contribution is 7.79. The van der Waals surface area contributed by atoms with Gasteiger partial charge in [-0.2, -0.15) is 12.6 Å². The predicted octanol–water partition coefficient (Wildman–Crippen LogP) is 4.07. The molecule has 2 heterocycles. The molecular weight excluding hydrogens is 260 g/mol. The summed E-state index contributed by atoms with van der Waals surface area (Å²) in [5.41, 5.74) is 1.26. The van der Waals surface area contributed by atoms with Gasteiger partial charge in [-0.05, 0) is 31.8 Å². The summed E-state index contributed by atoms with van der Waals surface area (Å²) in [6.07, 6.45) is 5.49. The van der Waals surface area contributed by atoms with Crippen LogP contribution in [0.15, 0.2) is 0 Å². The van der Waals surface area contributed by atoms with Gasteiger partial charge in [0.15, 0.2) is 0 Å². The Morgan fingerprint density at radius 2 is 1.89 bits per heavy atom. The second-order valence-corrected chi connectivity index (χ2v) is 6.90. The predicted molar refractivity (Wildman–Crippen MR) is 82.6 cm³/mol. The van der Waals surface area contributed by atoms with Crippen molar-refractivity contribution in [3.8, 4) is 0 Å². The van der Waals surface area contributed by atoms with Crippen molar-refractivity contribution < 1.29 is 0 Å². The highest BCUT2D eigenvalue weighted by atomic mass is 32.1. The molecule has 0 spiro atoms. The molecule has 0 saturated carbocycles. The van der Waals surface area contributed by atoms with Gasteiger partial charge in [0.05, 0.1) is 12.2 Å². The van der Waals surface area contributed by atoms with Gasteiger partial charge in [-0.15, -0.1) is 11.3 Å². The fourth-order valence-corrected chi connectivity index (χ4v) is 4.01. The van der Waals surface area contributed by atoms with Gasteiger partial charge in [-0.1, -0.05) is 26.7 Å². The van der Waals surface area contributed by atoms with E-state index in [0.29, 0.717) is 5.92 Å². The molecule has 2 nitrogen and oxygen atoms in total. The summed E-state index contributed by atoms with van der Waals surface area (Å²) in [4.78, 5) is 8.76. The van der Waals surface area contributed by atoms with Crippen molar-refractivity contribution in [2.24, 2.45) is 0 Å². The van der Waals surface area contributed by atoms with Gasteiger partial charge in [0.1, 0.15) is 5.01 Å². The normalized spacial score (nSPS) is 18.2. The molecule has 1 aliphatic rings. The van der Waals surface area contributed by atoms with E-state index in [1.54, 1.807) is 0 Å². The van der Waals surface area contributed by atoms with E-state index in [-0.39, 0.29) is 0 Å². The van der Waals surface area contributed by atoms with Crippen LogP contribution in [0.5, 0.6) is 0 Å². The monoisotopic (exact) mass is 284 g/mol. The Hall–Kier alpha value is -0.0600. The zero-order valence-corrected chi connectivity index (χ0v) is 13.2. The second-order valence-electron chi connectivity index (χ2n) is 5.42. The van der Waals surface area contributed by atoms with Gasteiger partial charge in [-0.3, -0.25) is 4.90 Å². The van der Waals surface area contributed by atoms with E-state index in [2.05, 4.69) is 31.4 Å². The lowest BCUT2D eigenvalue weighted by atomic mass is 10.1. The molecule has 1 aliphatic heterocycles. The van der Waals surface area contributed by atoms with Crippen LogP contribution < -0.4 is 0 Å². The maximum Gasteiger partial charge on any atom is 0.107 e. The molecule has 1 fully saturated rings. The van der Waals surface area contributed by atoms with Gasteiger partial charge >= 0.3 is 0 Å². The SMILES string of the molecule is CC(C)c1nc(CN2CCCCCC2)sc1CS. The van der Waals surface area contributed by atoms with E-state index in [1.165, 1.54) is 54.4 Å². The van der Waals surface area contributed by atoms with Crippen LogP contribution in [0.3, 0.4) is 0 Å². The average Bonchev–Trinajstić information content (AvgIpc) is 2.58. The Kier molecular flexibility index (Phi) is 5.52. The molecule has 0 bridgehead atoms. The van der Waals surface area contributed by atoms with Gasteiger partial charge in [0.25, 0.3) is 0 Å². The molecule has 0 aliphatic carbocycles. The maximum atomic E-state index is 4.83. The van der Waals surface area contributed by atoms with Crippen LogP contribution in [0, 0.1) is 0 Å². The van der Waals surface area contributed by atoms with E-state index in [1.807, 2.05) is 11.3 Å². The molecule has 0 amide bonds. The lowest BCUT2D eigenvalue weighted by Gasteiger charge is -2.17. The van der Waals surface area contributed by atoms with Crippen molar-refractivity contribution in [3.05, 3.63) is 15.6 Å². The van der Waals surface area contributed by atoms with Crippen molar-refractivity contribution in [3.63, 3.8) is 0 Å². The molecule has 0 atom stereocenters. The van der Waals surface area contributed by atoms with E-state index in [9.17, 15) is 0 Å². The zero-order chi connectivity index (χ0) is 13.0. The van der Waals surface area contributed by atoms with Gasteiger partial charge in [0.2, 0.25) is 0 Å². The first-order valence-corrected chi connectivity index (χ1v) is 8.47. The van der Waals surface area contributed by atoms with Crippen LogP contribution in [0.25, 0.3) is 0 Å². The summed E-state index contributed by atoms with van der Waals surface area (Å²) in [5.74, 6) is 1.34. The van der Waals surface area contributed by atoms with Crippen LogP contribution in [-0.4, -0.2) is 23.0 Å². The van der Waals surface area contributed by atoms with Crippen molar-refractivity contribution >= 4 is 24.0 Å². The summed E-state index contributed by atoms with van der Waals surface area (Å²) >= 11 is 6.29. The van der Waals surface area contributed by atoms with Gasteiger partial charge in [-0.25, -0.2) is 4.98 Å². The van der Waals surface area contributed by atoms with Crippen molar-refractivity contribution in [1.82, 2.24) is 9.88 Å². The Morgan fingerprint density at radius 3 is 2.39 bits per heavy atom. The Morgan fingerprint density at radius 1 is 1.22 bits per heavy atom. The third-order valence-corrected chi connectivity index (χ3v) is 5.11. The third kappa shape index (κ3) is 3.72. The molecule has 0 N–H and O–H groups in total. The average molecular weight is 284 g/mol. The van der Waals surface area contributed by atoms with Crippen LogP contribution >= 0.6 is 24.0 Å². The van der Waals surface area contributed by atoms with Crippen molar-refractivity contribution in [1.29, 1.82) is 0 Å². The first kappa shape index (κ1) is 14.4. The number of rotatable bonds is 4. The highest BCUT2D eigenvalue weighted by Gasteiger charge is 2.16. The fraction of sp³-hybridized carbons (Fsp3) is 0.786. The van der Waals surface area contributed by atoms with E-state index >= 15 is 0 Å². The Balaban J connectivity index is 2.04. The van der Waals surface area contributed by atoms with Crippen LogP contribution in [0.4, 0.5) is 0 Å². The molecule has 2 rings (SSSR count). The smallest absolute Gasteiger partial charge is 0.107 e. The highest BCUT2D eigenvalue weighted by Crippen LogP contribution is 2.27. The summed E-state index contributed by atoms with van der Waals surface area (Å²) in [7, 11) is 0. The topological polar surface area (TPSA) is 16.1 Å². The van der Waals surface area contributed by atoms with Crippen molar-refractivity contribution in [2.75, 3.05) is 13.1 Å². The second kappa shape index (κ2) is 6.92. The molecular formula is C14H24N2S2.